The third-order valence-electron chi connectivity index (χ3n) is 4.73. The predicted molar refractivity (Wildman–Crippen MR) is 103 cm³/mol. The maximum absolute atomic E-state index is 6.27. The fraction of sp³-hybridized carbons (Fsp3) is 0.333. The van der Waals surface area contributed by atoms with Crippen LogP contribution < -0.4 is 0 Å². The number of halogens is 1. The average Bonchev–Trinajstić information content (AvgIpc) is 3.09. The lowest BCUT2D eigenvalue weighted by atomic mass is 10.1. The molecule has 0 aliphatic carbocycles. The highest BCUT2D eigenvalue weighted by Crippen LogP contribution is 2.30. The molecule has 3 aromatic rings. The third kappa shape index (κ3) is 3.53. The lowest BCUT2D eigenvalue weighted by Crippen LogP contribution is -2.31. The first-order valence-corrected chi connectivity index (χ1v) is 9.38. The largest absolute Gasteiger partial charge is 0.460 e. The number of hydrogen-bond acceptors (Lipinski definition) is 4. The van der Waals surface area contributed by atoms with Gasteiger partial charge in [-0.3, -0.25) is 4.90 Å². The Balaban J connectivity index is 1.47. The van der Waals surface area contributed by atoms with Crippen molar-refractivity contribution in [2.24, 2.45) is 0 Å². The standard InChI is InChI=1S/C21H22ClN3O/c1-14(2)21-23-11-15-12-25(10-9-19(15)24-21)13-16-7-8-20(26-16)17-5-3-4-6-18(17)22/h3-8,11,14H,9-10,12-13H2,1-2H3. The molecule has 4 nitrogen and oxygen atoms in total. The normalized spacial score (nSPS) is 14.6. The fourth-order valence-corrected chi connectivity index (χ4v) is 3.52. The van der Waals surface area contributed by atoms with Gasteiger partial charge in [0.1, 0.15) is 17.3 Å². The van der Waals surface area contributed by atoms with Gasteiger partial charge in [0.25, 0.3) is 0 Å². The van der Waals surface area contributed by atoms with Crippen molar-refractivity contribution in [3.8, 4) is 11.3 Å². The summed E-state index contributed by atoms with van der Waals surface area (Å²) < 4.78 is 6.03. The first-order chi connectivity index (χ1) is 12.6. The predicted octanol–water partition coefficient (Wildman–Crippen LogP) is 5.07. The second kappa shape index (κ2) is 7.22. The van der Waals surface area contributed by atoms with Gasteiger partial charge in [0, 0.05) is 48.4 Å². The number of benzene rings is 1. The topological polar surface area (TPSA) is 42.2 Å². The van der Waals surface area contributed by atoms with Crippen LogP contribution in [0.2, 0.25) is 5.02 Å². The molecule has 2 aromatic heterocycles. The monoisotopic (exact) mass is 367 g/mol. The van der Waals surface area contributed by atoms with E-state index in [-0.39, 0.29) is 0 Å². The average molecular weight is 368 g/mol. The zero-order valence-electron chi connectivity index (χ0n) is 15.1. The maximum Gasteiger partial charge on any atom is 0.135 e. The molecule has 0 bridgehead atoms. The summed E-state index contributed by atoms with van der Waals surface area (Å²) >= 11 is 6.27. The number of fused-ring (bicyclic) bond motifs is 1. The van der Waals surface area contributed by atoms with Crippen molar-refractivity contribution in [1.29, 1.82) is 0 Å². The van der Waals surface area contributed by atoms with E-state index in [0.717, 1.165) is 49.0 Å². The molecule has 0 saturated carbocycles. The Labute approximate surface area is 158 Å². The molecule has 1 aromatic carbocycles. The fourth-order valence-electron chi connectivity index (χ4n) is 3.29. The smallest absolute Gasteiger partial charge is 0.135 e. The minimum Gasteiger partial charge on any atom is -0.460 e. The van der Waals surface area contributed by atoms with Gasteiger partial charge in [0.05, 0.1) is 11.6 Å². The van der Waals surface area contributed by atoms with Crippen LogP contribution in [0.1, 0.15) is 42.6 Å². The van der Waals surface area contributed by atoms with Crippen LogP contribution in [0.4, 0.5) is 0 Å². The number of nitrogens with zero attached hydrogens (tertiary/aromatic N) is 3. The minimum atomic E-state index is 0.365. The molecule has 0 fully saturated rings. The van der Waals surface area contributed by atoms with Crippen LogP contribution in [0.25, 0.3) is 11.3 Å². The molecule has 0 spiro atoms. The second-order valence-electron chi connectivity index (χ2n) is 7.06. The lowest BCUT2D eigenvalue weighted by molar-refractivity contribution is 0.224. The Hall–Kier alpha value is -2.17. The SMILES string of the molecule is CC(C)c1ncc2c(n1)CCN(Cc1ccc(-c3ccccc3Cl)o1)C2. The van der Waals surface area contributed by atoms with Gasteiger partial charge in [0.2, 0.25) is 0 Å². The number of aromatic nitrogens is 2. The van der Waals surface area contributed by atoms with Crippen molar-refractivity contribution >= 4 is 11.6 Å². The first-order valence-electron chi connectivity index (χ1n) is 9.01. The summed E-state index contributed by atoms with van der Waals surface area (Å²) in [4.78, 5) is 11.6. The van der Waals surface area contributed by atoms with Crippen LogP contribution in [0, 0.1) is 0 Å². The van der Waals surface area contributed by atoms with Crippen molar-refractivity contribution in [2.45, 2.75) is 39.3 Å². The Bertz CT molecular complexity index is 919. The van der Waals surface area contributed by atoms with Crippen LogP contribution in [0.5, 0.6) is 0 Å². The van der Waals surface area contributed by atoms with Gasteiger partial charge in [-0.15, -0.1) is 0 Å². The van der Waals surface area contributed by atoms with Crippen LogP contribution in [-0.4, -0.2) is 21.4 Å². The Kier molecular flexibility index (Phi) is 4.79. The molecule has 4 rings (SSSR count). The van der Waals surface area contributed by atoms with Crippen LogP contribution in [-0.2, 0) is 19.5 Å². The Morgan fingerprint density at radius 1 is 1.19 bits per heavy atom. The Morgan fingerprint density at radius 2 is 2.04 bits per heavy atom. The van der Waals surface area contributed by atoms with Crippen molar-refractivity contribution < 1.29 is 4.42 Å². The molecule has 0 N–H and O–H groups in total. The zero-order chi connectivity index (χ0) is 18.1. The summed E-state index contributed by atoms with van der Waals surface area (Å²) in [7, 11) is 0. The van der Waals surface area contributed by atoms with E-state index in [9.17, 15) is 0 Å². The summed E-state index contributed by atoms with van der Waals surface area (Å²) in [6, 6.07) is 11.8. The van der Waals surface area contributed by atoms with Crippen molar-refractivity contribution in [2.75, 3.05) is 6.54 Å². The van der Waals surface area contributed by atoms with Crippen LogP contribution >= 0.6 is 11.6 Å². The van der Waals surface area contributed by atoms with E-state index in [1.165, 1.54) is 11.3 Å². The van der Waals surface area contributed by atoms with Gasteiger partial charge in [0.15, 0.2) is 0 Å². The second-order valence-corrected chi connectivity index (χ2v) is 7.47. The van der Waals surface area contributed by atoms with Gasteiger partial charge < -0.3 is 4.42 Å². The number of furan rings is 1. The summed E-state index contributed by atoms with van der Waals surface area (Å²) in [5, 5.41) is 0.707. The van der Waals surface area contributed by atoms with Gasteiger partial charge >= 0.3 is 0 Å². The molecule has 134 valence electrons. The van der Waals surface area contributed by atoms with E-state index in [4.69, 9.17) is 21.0 Å². The highest BCUT2D eigenvalue weighted by Gasteiger charge is 2.20. The molecule has 0 saturated heterocycles. The molecule has 5 heteroatoms. The molecular formula is C21H22ClN3O. The highest BCUT2D eigenvalue weighted by molar-refractivity contribution is 6.33. The van der Waals surface area contributed by atoms with Crippen LogP contribution in [0.3, 0.4) is 0 Å². The lowest BCUT2D eigenvalue weighted by Gasteiger charge is -2.27. The van der Waals surface area contributed by atoms with Gasteiger partial charge in [-0.2, -0.15) is 0 Å². The molecule has 3 heterocycles. The molecule has 0 atom stereocenters. The van der Waals surface area contributed by atoms with Crippen molar-refractivity contribution in [3.63, 3.8) is 0 Å². The molecule has 26 heavy (non-hydrogen) atoms. The third-order valence-corrected chi connectivity index (χ3v) is 5.06. The molecule has 0 amide bonds. The van der Waals surface area contributed by atoms with Gasteiger partial charge in [-0.25, -0.2) is 9.97 Å². The summed E-state index contributed by atoms with van der Waals surface area (Å²) in [6.45, 7) is 6.87. The van der Waals surface area contributed by atoms with Gasteiger partial charge in [-0.1, -0.05) is 37.6 Å². The number of hydrogen-bond donors (Lipinski definition) is 0. The quantitative estimate of drug-likeness (QED) is 0.645. The highest BCUT2D eigenvalue weighted by atomic mass is 35.5. The van der Waals surface area contributed by atoms with E-state index >= 15 is 0 Å². The summed E-state index contributed by atoms with van der Waals surface area (Å²) in [5.41, 5.74) is 3.34. The molecule has 0 unspecified atom stereocenters. The number of rotatable bonds is 4. The van der Waals surface area contributed by atoms with Crippen LogP contribution in [0.15, 0.2) is 47.0 Å². The summed E-state index contributed by atoms with van der Waals surface area (Å²) in [5.74, 6) is 3.06. The molecule has 0 radical (unpaired) electrons. The summed E-state index contributed by atoms with van der Waals surface area (Å²) in [6.07, 6.45) is 2.94. The van der Waals surface area contributed by atoms with E-state index < -0.39 is 0 Å². The maximum atomic E-state index is 6.27. The van der Waals surface area contributed by atoms with Crippen molar-refractivity contribution in [3.05, 3.63) is 70.5 Å². The Morgan fingerprint density at radius 3 is 2.85 bits per heavy atom. The molecule has 1 aliphatic heterocycles. The van der Waals surface area contributed by atoms with E-state index in [0.29, 0.717) is 10.9 Å². The van der Waals surface area contributed by atoms with E-state index in [1.54, 1.807) is 0 Å². The van der Waals surface area contributed by atoms with E-state index in [2.05, 4.69) is 23.7 Å². The van der Waals surface area contributed by atoms with Crippen molar-refractivity contribution in [1.82, 2.24) is 14.9 Å². The van der Waals surface area contributed by atoms with E-state index in [1.807, 2.05) is 42.6 Å². The molecular weight excluding hydrogens is 346 g/mol. The minimum absolute atomic E-state index is 0.365. The molecule has 1 aliphatic rings. The first kappa shape index (κ1) is 17.3. The zero-order valence-corrected chi connectivity index (χ0v) is 15.8. The van der Waals surface area contributed by atoms with Gasteiger partial charge in [-0.05, 0) is 24.3 Å².